The molecule has 3 atom stereocenters. The maximum Gasteiger partial charge on any atom is 0.329 e. The molecule has 0 spiro atoms. The van der Waals surface area contributed by atoms with E-state index in [-0.39, 0.29) is 31.6 Å². The molecule has 0 saturated carbocycles. The third kappa shape index (κ3) is 16.0. The number of hydrogen-bond donors (Lipinski definition) is 4. The number of rotatable bonds is 16. The largest absolute Gasteiger partial charge is 0.496 e. The molecule has 13 heteroatoms. The second kappa shape index (κ2) is 18.7. The molecule has 0 aromatic heterocycles. The van der Waals surface area contributed by atoms with Crippen LogP contribution in [0.5, 0.6) is 5.75 Å². The molecule has 0 aliphatic carbocycles. The molecular formula is C38H58N4O9. The highest BCUT2D eigenvalue weighted by Crippen LogP contribution is 2.30. The number of nitrogens with one attached hydrogen (secondary N) is 3. The number of ether oxygens (including phenoxy) is 4. The van der Waals surface area contributed by atoms with Gasteiger partial charge >= 0.3 is 23.9 Å². The van der Waals surface area contributed by atoms with Gasteiger partial charge in [0.05, 0.1) is 13.2 Å². The quantitative estimate of drug-likeness (QED) is 0.107. The average molecular weight is 715 g/mol. The molecule has 0 heterocycles. The Balaban J connectivity index is 2.00. The van der Waals surface area contributed by atoms with Gasteiger partial charge in [0.2, 0.25) is 5.91 Å². The van der Waals surface area contributed by atoms with Crippen molar-refractivity contribution in [2.24, 2.45) is 5.73 Å². The third-order valence-corrected chi connectivity index (χ3v) is 7.21. The van der Waals surface area contributed by atoms with Gasteiger partial charge in [-0.05, 0) is 98.9 Å². The van der Waals surface area contributed by atoms with Gasteiger partial charge in [0.15, 0.2) is 0 Å². The minimum atomic E-state index is -1.19. The van der Waals surface area contributed by atoms with Crippen LogP contribution in [0.15, 0.2) is 36.4 Å². The Morgan fingerprint density at radius 2 is 1.27 bits per heavy atom. The number of unbranched alkanes of at least 4 members (excludes halogenated alkanes) is 1. The highest BCUT2D eigenvalue weighted by molar-refractivity contribution is 5.90. The number of nitrogens with two attached hydrogens (primary N) is 1. The number of urea groups is 1. The van der Waals surface area contributed by atoms with Crippen LogP contribution in [-0.4, -0.2) is 78.4 Å². The van der Waals surface area contributed by atoms with E-state index in [2.05, 4.69) is 16.0 Å². The number of methoxy groups -OCH3 is 1. The number of carbonyl (C=O) groups excluding carboxylic acids is 5. The smallest absolute Gasteiger partial charge is 0.329 e. The Hall–Kier alpha value is -4.39. The van der Waals surface area contributed by atoms with Gasteiger partial charge in [0.25, 0.3) is 0 Å². The molecule has 284 valence electrons. The first kappa shape index (κ1) is 42.8. The molecule has 2 aromatic carbocycles. The zero-order valence-electron chi connectivity index (χ0n) is 31.9. The lowest BCUT2D eigenvalue weighted by Gasteiger charge is -2.27. The van der Waals surface area contributed by atoms with Gasteiger partial charge in [-0.3, -0.25) is 9.59 Å². The van der Waals surface area contributed by atoms with Crippen LogP contribution in [-0.2, 0) is 39.8 Å². The fourth-order valence-corrected chi connectivity index (χ4v) is 5.09. The Kier molecular flexibility index (Phi) is 15.7. The zero-order valence-corrected chi connectivity index (χ0v) is 31.9. The third-order valence-electron chi connectivity index (χ3n) is 7.21. The first-order chi connectivity index (χ1) is 23.6. The number of carbonyl (C=O) groups is 5. The summed E-state index contributed by atoms with van der Waals surface area (Å²) in [5.74, 6) is -1.57. The van der Waals surface area contributed by atoms with Crippen molar-refractivity contribution in [2.45, 2.75) is 136 Å². The first-order valence-electron chi connectivity index (χ1n) is 17.4. The van der Waals surface area contributed by atoms with E-state index >= 15 is 0 Å². The number of amides is 3. The lowest BCUT2D eigenvalue weighted by atomic mass is 10.00. The van der Waals surface area contributed by atoms with Gasteiger partial charge in [-0.25, -0.2) is 14.4 Å². The fourth-order valence-electron chi connectivity index (χ4n) is 5.09. The van der Waals surface area contributed by atoms with E-state index in [4.69, 9.17) is 24.7 Å². The topological polar surface area (TPSA) is 184 Å². The van der Waals surface area contributed by atoms with Crippen LogP contribution in [0.25, 0.3) is 10.8 Å². The van der Waals surface area contributed by atoms with E-state index in [1.54, 1.807) is 69.4 Å². The van der Waals surface area contributed by atoms with Crippen molar-refractivity contribution in [3.63, 3.8) is 0 Å². The van der Waals surface area contributed by atoms with Crippen LogP contribution in [0.4, 0.5) is 4.79 Å². The number of esters is 3. The molecule has 0 radical (unpaired) electrons. The Bertz CT molecular complexity index is 1510. The summed E-state index contributed by atoms with van der Waals surface area (Å²) in [4.78, 5) is 64.4. The van der Waals surface area contributed by atoms with Crippen molar-refractivity contribution >= 4 is 40.6 Å². The predicted molar refractivity (Wildman–Crippen MR) is 195 cm³/mol. The van der Waals surface area contributed by atoms with Gasteiger partial charge in [-0.1, -0.05) is 36.4 Å². The summed E-state index contributed by atoms with van der Waals surface area (Å²) in [5, 5.41) is 9.97. The van der Waals surface area contributed by atoms with E-state index in [1.807, 2.05) is 36.4 Å². The lowest BCUT2D eigenvalue weighted by molar-refractivity contribution is -0.159. The molecule has 0 aliphatic heterocycles. The molecular weight excluding hydrogens is 656 g/mol. The maximum atomic E-state index is 13.2. The van der Waals surface area contributed by atoms with Gasteiger partial charge in [0, 0.05) is 24.8 Å². The molecule has 3 amide bonds. The van der Waals surface area contributed by atoms with E-state index in [9.17, 15) is 24.0 Å². The number of fused-ring (bicyclic) bond motifs is 1. The minimum absolute atomic E-state index is 0.0795. The summed E-state index contributed by atoms with van der Waals surface area (Å²) < 4.78 is 22.0. The Morgan fingerprint density at radius 3 is 1.82 bits per heavy atom. The molecule has 0 aliphatic rings. The average Bonchev–Trinajstić information content (AvgIpc) is 2.99. The lowest BCUT2D eigenvalue weighted by Crippen LogP contribution is -2.53. The summed E-state index contributed by atoms with van der Waals surface area (Å²) in [6.45, 7) is 15.7. The SMILES string of the molecule is COc1c(C[C@H](N)C(=O)NCCCC[C@@H](NC(=O)N[C@@H](CCC(=O)OC(C)(C)C)C(=O)OC(C)(C)C)C(=O)OC(C)(C)C)ccc2ccccc12. The Labute approximate surface area is 302 Å². The zero-order chi connectivity index (χ0) is 38.6. The van der Waals surface area contributed by atoms with Crippen LogP contribution in [0.1, 0.15) is 100.0 Å². The van der Waals surface area contributed by atoms with Crippen molar-refractivity contribution in [1.29, 1.82) is 0 Å². The molecule has 2 aromatic rings. The van der Waals surface area contributed by atoms with Crippen molar-refractivity contribution < 1.29 is 42.9 Å². The first-order valence-corrected chi connectivity index (χ1v) is 17.4. The van der Waals surface area contributed by atoms with E-state index in [0.717, 1.165) is 16.3 Å². The van der Waals surface area contributed by atoms with Crippen molar-refractivity contribution in [3.8, 4) is 5.75 Å². The van der Waals surface area contributed by atoms with Crippen LogP contribution in [0, 0.1) is 0 Å². The molecule has 51 heavy (non-hydrogen) atoms. The molecule has 13 nitrogen and oxygen atoms in total. The van der Waals surface area contributed by atoms with Crippen molar-refractivity contribution in [1.82, 2.24) is 16.0 Å². The monoisotopic (exact) mass is 714 g/mol. The standard InChI is InChI=1S/C38H58N4O9/c1-36(2,3)49-30(43)21-20-29(34(46)51-38(7,8)9)42-35(47)41-28(33(45)50-37(4,5)6)17-13-14-22-40-32(44)27(39)23-25-19-18-24-15-11-12-16-26(24)31(25)48-10/h11-12,15-16,18-19,27-29H,13-14,17,20-23,39H2,1-10H3,(H,40,44)(H2,41,42,47)/t27-,28+,29-/m0/s1. The summed E-state index contributed by atoms with van der Waals surface area (Å²) in [6, 6.07) is 7.81. The van der Waals surface area contributed by atoms with Gasteiger partial charge in [-0.15, -0.1) is 0 Å². The predicted octanol–water partition coefficient (Wildman–Crippen LogP) is 4.85. The minimum Gasteiger partial charge on any atom is -0.496 e. The molecule has 0 bridgehead atoms. The normalized spacial score (nSPS) is 13.7. The van der Waals surface area contributed by atoms with E-state index in [0.29, 0.717) is 25.1 Å². The molecule has 2 rings (SSSR count). The second-order valence-electron chi connectivity index (χ2n) is 15.5. The summed E-state index contributed by atoms with van der Waals surface area (Å²) in [5.41, 5.74) is 4.69. The molecule has 5 N–H and O–H groups in total. The van der Waals surface area contributed by atoms with Gasteiger partial charge in [-0.2, -0.15) is 0 Å². The van der Waals surface area contributed by atoms with Crippen molar-refractivity contribution in [3.05, 3.63) is 42.0 Å². The van der Waals surface area contributed by atoms with Crippen LogP contribution in [0.3, 0.4) is 0 Å². The molecule has 0 unspecified atom stereocenters. The van der Waals surface area contributed by atoms with Crippen LogP contribution < -0.4 is 26.4 Å². The van der Waals surface area contributed by atoms with Crippen LogP contribution >= 0.6 is 0 Å². The molecule has 0 saturated heterocycles. The Morgan fingerprint density at radius 1 is 0.725 bits per heavy atom. The van der Waals surface area contributed by atoms with E-state index in [1.165, 1.54) is 0 Å². The van der Waals surface area contributed by atoms with Gasteiger partial charge < -0.3 is 40.6 Å². The highest BCUT2D eigenvalue weighted by atomic mass is 16.6. The summed E-state index contributed by atoms with van der Waals surface area (Å²) in [6.07, 6.45) is 1.16. The van der Waals surface area contributed by atoms with Crippen LogP contribution in [0.2, 0.25) is 0 Å². The summed E-state index contributed by atoms with van der Waals surface area (Å²) >= 11 is 0. The number of benzene rings is 2. The van der Waals surface area contributed by atoms with E-state index < -0.39 is 58.9 Å². The van der Waals surface area contributed by atoms with Crippen molar-refractivity contribution in [2.75, 3.05) is 13.7 Å². The molecule has 0 fully saturated rings. The van der Waals surface area contributed by atoms with Gasteiger partial charge in [0.1, 0.15) is 34.6 Å². The second-order valence-corrected chi connectivity index (χ2v) is 15.5. The summed E-state index contributed by atoms with van der Waals surface area (Å²) in [7, 11) is 1.59. The fraction of sp³-hybridized carbons (Fsp3) is 0.605. The highest BCUT2D eigenvalue weighted by Gasteiger charge is 2.31. The maximum absolute atomic E-state index is 13.2. The number of hydrogen-bond acceptors (Lipinski definition) is 10.